The van der Waals surface area contributed by atoms with E-state index in [4.69, 9.17) is 9.15 Å². The van der Waals surface area contributed by atoms with Crippen LogP contribution in [0.25, 0.3) is 11.0 Å². The van der Waals surface area contributed by atoms with Crippen molar-refractivity contribution < 1.29 is 18.7 Å². The molecule has 2 amide bonds. The number of carbonyl (C=O) groups is 2. The number of rotatable bonds is 3. The van der Waals surface area contributed by atoms with Crippen molar-refractivity contribution in [1.82, 2.24) is 10.3 Å². The van der Waals surface area contributed by atoms with E-state index in [1.54, 1.807) is 29.4 Å². The van der Waals surface area contributed by atoms with Crippen LogP contribution in [0, 0.1) is 0 Å². The number of nitrogens with zero attached hydrogens (tertiary/aromatic N) is 2. The number of hydrogen-bond donors (Lipinski definition) is 1. The van der Waals surface area contributed by atoms with Crippen molar-refractivity contribution in [2.24, 2.45) is 0 Å². The first kappa shape index (κ1) is 16.9. The van der Waals surface area contributed by atoms with Crippen LogP contribution in [0.4, 0.5) is 5.69 Å². The predicted octanol–water partition coefficient (Wildman–Crippen LogP) is 2.48. The van der Waals surface area contributed by atoms with Gasteiger partial charge in [-0.3, -0.25) is 14.6 Å². The minimum Gasteiger partial charge on any atom is -0.451 e. The molecule has 28 heavy (non-hydrogen) atoms. The summed E-state index contributed by atoms with van der Waals surface area (Å²) in [5.41, 5.74) is 2.64. The van der Waals surface area contributed by atoms with Crippen LogP contribution in [0.15, 0.2) is 53.2 Å². The molecular formula is C21H19N3O4. The van der Waals surface area contributed by atoms with Gasteiger partial charge < -0.3 is 19.4 Å². The van der Waals surface area contributed by atoms with Gasteiger partial charge in [-0.1, -0.05) is 18.2 Å². The first-order valence-electron chi connectivity index (χ1n) is 9.30. The summed E-state index contributed by atoms with van der Waals surface area (Å²) >= 11 is 0. The van der Waals surface area contributed by atoms with Gasteiger partial charge in [-0.05, 0) is 30.2 Å². The maximum absolute atomic E-state index is 13.2. The maximum Gasteiger partial charge on any atom is 0.294 e. The molecule has 0 radical (unpaired) electrons. The molecule has 2 aliphatic rings. The normalized spacial score (nSPS) is 21.6. The van der Waals surface area contributed by atoms with Crippen LogP contribution < -0.4 is 10.2 Å². The first-order chi connectivity index (χ1) is 13.7. The summed E-state index contributed by atoms with van der Waals surface area (Å²) < 4.78 is 11.1. The number of fused-ring (bicyclic) bond motifs is 2. The molecule has 5 rings (SSSR count). The fourth-order valence-corrected chi connectivity index (χ4v) is 4.09. The molecule has 2 aliphatic heterocycles. The van der Waals surface area contributed by atoms with Crippen LogP contribution in [0.2, 0.25) is 0 Å². The quantitative estimate of drug-likeness (QED) is 0.758. The zero-order valence-corrected chi connectivity index (χ0v) is 15.1. The van der Waals surface area contributed by atoms with Crippen molar-refractivity contribution in [3.05, 3.63) is 60.1 Å². The zero-order valence-electron chi connectivity index (χ0n) is 15.1. The summed E-state index contributed by atoms with van der Waals surface area (Å²) in [6.45, 7) is 1.15. The van der Waals surface area contributed by atoms with Gasteiger partial charge in [-0.25, -0.2) is 0 Å². The van der Waals surface area contributed by atoms with Crippen molar-refractivity contribution in [3.63, 3.8) is 0 Å². The van der Waals surface area contributed by atoms with Crippen LogP contribution in [-0.4, -0.2) is 42.6 Å². The maximum atomic E-state index is 13.2. The van der Waals surface area contributed by atoms with Gasteiger partial charge in [-0.2, -0.15) is 0 Å². The Hall–Kier alpha value is -3.19. The number of hydrogen-bond acceptors (Lipinski definition) is 5. The summed E-state index contributed by atoms with van der Waals surface area (Å²) in [6.07, 6.45) is 4.04. The molecule has 3 aromatic rings. The van der Waals surface area contributed by atoms with Crippen molar-refractivity contribution >= 4 is 28.5 Å². The Bertz CT molecular complexity index is 1030. The summed E-state index contributed by atoms with van der Waals surface area (Å²) in [5.74, 6) is 0.160. The second-order valence-corrected chi connectivity index (χ2v) is 7.21. The van der Waals surface area contributed by atoms with Crippen LogP contribution in [0.3, 0.4) is 0 Å². The van der Waals surface area contributed by atoms with E-state index >= 15 is 0 Å². The third-order valence-electron chi connectivity index (χ3n) is 5.33. The van der Waals surface area contributed by atoms with Crippen LogP contribution in [-0.2, 0) is 9.53 Å². The third kappa shape index (κ3) is 2.93. The van der Waals surface area contributed by atoms with Crippen molar-refractivity contribution in [2.75, 3.05) is 24.7 Å². The van der Waals surface area contributed by atoms with Crippen LogP contribution in [0.1, 0.15) is 28.5 Å². The number of anilines is 1. The Morgan fingerprint density at radius 2 is 2.18 bits per heavy atom. The van der Waals surface area contributed by atoms with E-state index in [1.807, 2.05) is 24.3 Å². The Labute approximate surface area is 161 Å². The van der Waals surface area contributed by atoms with Gasteiger partial charge in [0.1, 0.15) is 12.2 Å². The SMILES string of the molecule is O=C1COCC(CC2CN(C(=O)c3cc4cnccc4o3)c3ccccc32)N1. The highest BCUT2D eigenvalue weighted by Crippen LogP contribution is 2.39. The minimum atomic E-state index is -0.171. The Morgan fingerprint density at radius 1 is 1.29 bits per heavy atom. The lowest BCUT2D eigenvalue weighted by Gasteiger charge is -2.26. The fourth-order valence-electron chi connectivity index (χ4n) is 4.09. The number of ether oxygens (including phenoxy) is 1. The minimum absolute atomic E-state index is 0.0494. The number of amides is 2. The Kier molecular flexibility index (Phi) is 4.09. The molecule has 2 aromatic heterocycles. The van der Waals surface area contributed by atoms with Gasteiger partial charge >= 0.3 is 0 Å². The molecular weight excluding hydrogens is 358 g/mol. The molecule has 2 unspecified atom stereocenters. The summed E-state index contributed by atoms with van der Waals surface area (Å²) in [5, 5.41) is 3.78. The number of nitrogens with one attached hydrogen (secondary N) is 1. The smallest absolute Gasteiger partial charge is 0.294 e. The molecule has 0 aliphatic carbocycles. The average molecular weight is 377 g/mol. The number of carbonyl (C=O) groups excluding carboxylic acids is 2. The third-order valence-corrected chi connectivity index (χ3v) is 5.33. The highest BCUT2D eigenvalue weighted by atomic mass is 16.5. The van der Waals surface area contributed by atoms with Gasteiger partial charge in [-0.15, -0.1) is 0 Å². The molecule has 7 heteroatoms. The van der Waals surface area contributed by atoms with E-state index in [2.05, 4.69) is 10.3 Å². The van der Waals surface area contributed by atoms with E-state index in [0.29, 0.717) is 24.5 Å². The van der Waals surface area contributed by atoms with Gasteiger partial charge in [0.05, 0.1) is 12.6 Å². The molecule has 1 fully saturated rings. The van der Waals surface area contributed by atoms with E-state index in [1.165, 1.54) is 0 Å². The highest BCUT2D eigenvalue weighted by molar-refractivity contribution is 6.07. The number of aromatic nitrogens is 1. The lowest BCUT2D eigenvalue weighted by Crippen LogP contribution is -2.46. The van der Waals surface area contributed by atoms with Crippen molar-refractivity contribution in [3.8, 4) is 0 Å². The summed E-state index contributed by atoms with van der Waals surface area (Å²) in [6, 6.07) is 11.3. The topological polar surface area (TPSA) is 84.7 Å². The van der Waals surface area contributed by atoms with E-state index in [0.717, 1.165) is 23.1 Å². The molecule has 1 N–H and O–H groups in total. The number of benzene rings is 1. The van der Waals surface area contributed by atoms with Gasteiger partial charge in [0.15, 0.2) is 5.76 Å². The fraction of sp³-hybridized carbons (Fsp3) is 0.286. The molecule has 0 saturated carbocycles. The molecule has 4 heterocycles. The van der Waals surface area contributed by atoms with Crippen LogP contribution in [0.5, 0.6) is 0 Å². The molecule has 2 atom stereocenters. The second-order valence-electron chi connectivity index (χ2n) is 7.21. The van der Waals surface area contributed by atoms with Crippen molar-refractivity contribution in [1.29, 1.82) is 0 Å². The van der Waals surface area contributed by atoms with Gasteiger partial charge in [0.25, 0.3) is 5.91 Å². The zero-order chi connectivity index (χ0) is 19.1. The lowest BCUT2D eigenvalue weighted by atomic mass is 9.94. The van der Waals surface area contributed by atoms with E-state index in [9.17, 15) is 9.59 Å². The standard InChI is InChI=1S/C21H19N3O4/c25-20-12-27-11-15(23-20)7-14-10-24(17-4-2-1-3-16(14)17)21(26)19-8-13-9-22-6-5-18(13)28-19/h1-6,8-9,14-15H,7,10-12H2,(H,23,25). The highest BCUT2D eigenvalue weighted by Gasteiger charge is 2.35. The molecule has 142 valence electrons. The predicted molar refractivity (Wildman–Crippen MR) is 102 cm³/mol. The Morgan fingerprint density at radius 3 is 3.04 bits per heavy atom. The molecule has 0 spiro atoms. The molecule has 1 aromatic carbocycles. The van der Waals surface area contributed by atoms with Gasteiger partial charge in [0, 0.05) is 35.9 Å². The van der Waals surface area contributed by atoms with Crippen molar-refractivity contribution in [2.45, 2.75) is 18.4 Å². The largest absolute Gasteiger partial charge is 0.451 e. The molecule has 7 nitrogen and oxygen atoms in total. The second kappa shape index (κ2) is 6.76. The Balaban J connectivity index is 1.42. The van der Waals surface area contributed by atoms with Crippen LogP contribution >= 0.6 is 0 Å². The van der Waals surface area contributed by atoms with E-state index < -0.39 is 0 Å². The first-order valence-corrected chi connectivity index (χ1v) is 9.30. The number of furan rings is 1. The number of para-hydroxylation sites is 1. The number of pyridine rings is 1. The van der Waals surface area contributed by atoms with Gasteiger partial charge in [0.2, 0.25) is 5.91 Å². The summed E-state index contributed by atoms with van der Waals surface area (Å²) in [4.78, 5) is 30.6. The lowest BCUT2D eigenvalue weighted by molar-refractivity contribution is -0.131. The molecule has 0 bridgehead atoms. The van der Waals surface area contributed by atoms with E-state index in [-0.39, 0.29) is 30.4 Å². The monoisotopic (exact) mass is 377 g/mol. The molecule has 1 saturated heterocycles. The summed E-state index contributed by atoms with van der Waals surface area (Å²) in [7, 11) is 0. The number of morpholine rings is 1. The average Bonchev–Trinajstić information content (AvgIpc) is 3.30.